The first-order valence-electron chi connectivity index (χ1n) is 5.53. The van der Waals surface area contributed by atoms with Crippen LogP contribution in [0.1, 0.15) is 13.3 Å². The van der Waals surface area contributed by atoms with Gasteiger partial charge in [0.25, 0.3) is 0 Å². The number of sulfonamides is 1. The molecule has 1 aromatic rings. The molecule has 1 saturated carbocycles. The Hall–Kier alpha value is -0.870. The lowest BCUT2D eigenvalue weighted by Gasteiger charge is -2.16. The van der Waals surface area contributed by atoms with E-state index in [1.54, 1.807) is 31.3 Å². The molecule has 0 spiro atoms. The Morgan fingerprint density at radius 2 is 1.88 bits per heavy atom. The van der Waals surface area contributed by atoms with Crippen molar-refractivity contribution in [2.24, 2.45) is 11.8 Å². The van der Waals surface area contributed by atoms with Crippen molar-refractivity contribution in [2.45, 2.75) is 18.2 Å². The van der Waals surface area contributed by atoms with Gasteiger partial charge < -0.3 is 0 Å². The number of hydrogen-bond acceptors (Lipinski definition) is 2. The van der Waals surface area contributed by atoms with E-state index < -0.39 is 10.0 Å². The fourth-order valence-corrected chi connectivity index (χ4v) is 3.10. The van der Waals surface area contributed by atoms with Crippen LogP contribution in [0.5, 0.6) is 0 Å². The summed E-state index contributed by atoms with van der Waals surface area (Å²) in [5.41, 5.74) is 0. The topological polar surface area (TPSA) is 37.4 Å². The fourth-order valence-electron chi connectivity index (χ4n) is 1.85. The summed E-state index contributed by atoms with van der Waals surface area (Å²) in [5, 5.41) is 0. The van der Waals surface area contributed by atoms with Crippen LogP contribution in [0.4, 0.5) is 0 Å². The van der Waals surface area contributed by atoms with Gasteiger partial charge in [0, 0.05) is 13.6 Å². The SMILES string of the molecule is CC1CC1CN(C)S(=O)(=O)c1ccccc1. The highest BCUT2D eigenvalue weighted by atomic mass is 32.2. The van der Waals surface area contributed by atoms with Crippen molar-refractivity contribution in [1.29, 1.82) is 0 Å². The lowest BCUT2D eigenvalue weighted by Crippen LogP contribution is -2.29. The van der Waals surface area contributed by atoms with Gasteiger partial charge in [0.2, 0.25) is 10.0 Å². The van der Waals surface area contributed by atoms with Gasteiger partial charge in [-0.1, -0.05) is 25.1 Å². The summed E-state index contributed by atoms with van der Waals surface area (Å²) in [5.74, 6) is 1.22. The third-order valence-electron chi connectivity index (χ3n) is 3.22. The van der Waals surface area contributed by atoms with Crippen LogP contribution in [-0.4, -0.2) is 26.3 Å². The monoisotopic (exact) mass is 239 g/mol. The standard InChI is InChI=1S/C12H17NO2S/c1-10-8-11(10)9-13(2)16(14,15)12-6-4-3-5-7-12/h3-7,10-11H,8-9H2,1-2H3. The van der Waals surface area contributed by atoms with E-state index in [9.17, 15) is 8.42 Å². The van der Waals surface area contributed by atoms with Crippen molar-refractivity contribution in [2.75, 3.05) is 13.6 Å². The van der Waals surface area contributed by atoms with Crippen LogP contribution < -0.4 is 0 Å². The Kier molecular flexibility index (Phi) is 3.04. The van der Waals surface area contributed by atoms with Gasteiger partial charge >= 0.3 is 0 Å². The summed E-state index contributed by atoms with van der Waals surface area (Å²) in [6, 6.07) is 8.60. The van der Waals surface area contributed by atoms with Gasteiger partial charge in [0.1, 0.15) is 0 Å². The van der Waals surface area contributed by atoms with Crippen molar-refractivity contribution < 1.29 is 8.42 Å². The largest absolute Gasteiger partial charge is 0.242 e. The highest BCUT2D eigenvalue weighted by Crippen LogP contribution is 2.38. The molecule has 88 valence electrons. The molecule has 0 bridgehead atoms. The Morgan fingerprint density at radius 3 is 2.38 bits per heavy atom. The lowest BCUT2D eigenvalue weighted by atomic mass is 10.3. The van der Waals surface area contributed by atoms with E-state index in [2.05, 4.69) is 6.92 Å². The minimum absolute atomic E-state index is 0.380. The Morgan fingerprint density at radius 1 is 1.31 bits per heavy atom. The fraction of sp³-hybridized carbons (Fsp3) is 0.500. The van der Waals surface area contributed by atoms with Gasteiger partial charge in [0.05, 0.1) is 4.90 Å². The maximum Gasteiger partial charge on any atom is 0.242 e. The van der Waals surface area contributed by atoms with E-state index in [1.807, 2.05) is 6.07 Å². The molecule has 3 nitrogen and oxygen atoms in total. The van der Waals surface area contributed by atoms with Crippen LogP contribution in [0.15, 0.2) is 35.2 Å². The minimum atomic E-state index is -3.28. The second-order valence-electron chi connectivity index (χ2n) is 4.57. The molecule has 0 N–H and O–H groups in total. The number of benzene rings is 1. The Balaban J connectivity index is 2.13. The second kappa shape index (κ2) is 4.18. The quantitative estimate of drug-likeness (QED) is 0.805. The van der Waals surface area contributed by atoms with Crippen LogP contribution >= 0.6 is 0 Å². The summed E-state index contributed by atoms with van der Waals surface area (Å²) >= 11 is 0. The Bertz CT molecular complexity index is 455. The molecule has 1 aromatic carbocycles. The summed E-state index contributed by atoms with van der Waals surface area (Å²) < 4.78 is 25.7. The van der Waals surface area contributed by atoms with E-state index in [1.165, 1.54) is 4.31 Å². The summed E-state index contributed by atoms with van der Waals surface area (Å²) in [4.78, 5) is 0.380. The average Bonchev–Trinajstić information content (AvgIpc) is 2.95. The van der Waals surface area contributed by atoms with Gasteiger partial charge in [-0.15, -0.1) is 0 Å². The molecule has 1 fully saturated rings. The van der Waals surface area contributed by atoms with Crippen LogP contribution in [0.3, 0.4) is 0 Å². The van der Waals surface area contributed by atoms with Crippen LogP contribution in [0, 0.1) is 11.8 Å². The lowest BCUT2D eigenvalue weighted by molar-refractivity contribution is 0.444. The molecule has 0 saturated heterocycles. The maximum atomic E-state index is 12.1. The first kappa shape index (κ1) is 11.6. The van der Waals surface area contributed by atoms with Crippen molar-refractivity contribution in [1.82, 2.24) is 4.31 Å². The van der Waals surface area contributed by atoms with Gasteiger partial charge in [-0.05, 0) is 30.4 Å². The maximum absolute atomic E-state index is 12.1. The molecule has 16 heavy (non-hydrogen) atoms. The molecule has 1 aliphatic carbocycles. The van der Waals surface area contributed by atoms with Crippen molar-refractivity contribution in [3.63, 3.8) is 0 Å². The van der Waals surface area contributed by atoms with Crippen LogP contribution in [0.25, 0.3) is 0 Å². The molecule has 1 aliphatic rings. The molecule has 0 aliphatic heterocycles. The zero-order valence-electron chi connectivity index (χ0n) is 9.63. The zero-order valence-corrected chi connectivity index (χ0v) is 10.4. The van der Waals surface area contributed by atoms with Gasteiger partial charge in [-0.25, -0.2) is 12.7 Å². The number of rotatable bonds is 4. The summed E-state index contributed by atoms with van der Waals surface area (Å²) in [7, 11) is -1.62. The second-order valence-corrected chi connectivity index (χ2v) is 6.62. The molecular weight excluding hydrogens is 222 g/mol. The average molecular weight is 239 g/mol. The first-order valence-corrected chi connectivity index (χ1v) is 6.97. The number of hydrogen-bond donors (Lipinski definition) is 0. The smallest absolute Gasteiger partial charge is 0.207 e. The van der Waals surface area contributed by atoms with E-state index in [-0.39, 0.29) is 0 Å². The van der Waals surface area contributed by atoms with Crippen molar-refractivity contribution in [3.8, 4) is 0 Å². The molecule has 0 radical (unpaired) electrons. The number of nitrogens with zero attached hydrogens (tertiary/aromatic N) is 1. The zero-order chi connectivity index (χ0) is 11.8. The molecular formula is C12H17NO2S. The van der Waals surface area contributed by atoms with Crippen LogP contribution in [0.2, 0.25) is 0 Å². The third kappa shape index (κ3) is 2.28. The molecule has 4 heteroatoms. The highest BCUT2D eigenvalue weighted by Gasteiger charge is 2.35. The summed E-state index contributed by atoms with van der Waals surface area (Å²) in [6.45, 7) is 2.80. The third-order valence-corrected chi connectivity index (χ3v) is 5.06. The molecule has 2 unspecified atom stereocenters. The van der Waals surface area contributed by atoms with Gasteiger partial charge in [-0.3, -0.25) is 0 Å². The highest BCUT2D eigenvalue weighted by molar-refractivity contribution is 7.89. The predicted molar refractivity (Wildman–Crippen MR) is 63.5 cm³/mol. The molecule has 0 heterocycles. The molecule has 2 rings (SSSR count). The van der Waals surface area contributed by atoms with Gasteiger partial charge in [0.15, 0.2) is 0 Å². The van der Waals surface area contributed by atoms with Gasteiger partial charge in [-0.2, -0.15) is 0 Å². The first-order chi connectivity index (χ1) is 7.51. The molecule has 0 amide bonds. The minimum Gasteiger partial charge on any atom is -0.207 e. The Labute approximate surface area is 97.1 Å². The van der Waals surface area contributed by atoms with Crippen LogP contribution in [-0.2, 0) is 10.0 Å². The molecule has 2 atom stereocenters. The van der Waals surface area contributed by atoms with E-state index >= 15 is 0 Å². The van der Waals surface area contributed by atoms with Crippen molar-refractivity contribution in [3.05, 3.63) is 30.3 Å². The van der Waals surface area contributed by atoms with Crippen molar-refractivity contribution >= 4 is 10.0 Å². The molecule has 0 aromatic heterocycles. The van der Waals surface area contributed by atoms with E-state index in [4.69, 9.17) is 0 Å². The normalized spacial score (nSPS) is 24.7. The van der Waals surface area contributed by atoms with E-state index in [0.717, 1.165) is 6.42 Å². The predicted octanol–water partition coefficient (Wildman–Crippen LogP) is 1.96. The summed E-state index contributed by atoms with van der Waals surface area (Å²) in [6.07, 6.45) is 1.15. The van der Waals surface area contributed by atoms with E-state index in [0.29, 0.717) is 23.3 Å².